The Morgan fingerprint density at radius 2 is 1.68 bits per heavy atom. The summed E-state index contributed by atoms with van der Waals surface area (Å²) in [6.45, 7) is 9.43. The smallest absolute Gasteiger partial charge is 0.252 e. The van der Waals surface area contributed by atoms with Crippen LogP contribution in [0.25, 0.3) is 0 Å². The summed E-state index contributed by atoms with van der Waals surface area (Å²) in [6.07, 6.45) is 3.72. The molecule has 2 aromatic carbocycles. The van der Waals surface area contributed by atoms with Crippen LogP contribution >= 0.6 is 11.6 Å². The molecule has 150 valence electrons. The van der Waals surface area contributed by atoms with Crippen molar-refractivity contribution >= 4 is 17.5 Å². The molecule has 0 bridgehead atoms. The third-order valence-electron chi connectivity index (χ3n) is 5.57. The van der Waals surface area contributed by atoms with Gasteiger partial charge in [0, 0.05) is 6.54 Å². The predicted octanol–water partition coefficient (Wildman–Crippen LogP) is 5.59. The number of halogens is 1. The molecule has 0 saturated carbocycles. The lowest BCUT2D eigenvalue weighted by molar-refractivity contribution is 0.0924. The Bertz CT molecular complexity index is 789. The average Bonchev–Trinajstić information content (AvgIpc) is 2.69. The Morgan fingerprint density at radius 1 is 1.04 bits per heavy atom. The highest BCUT2D eigenvalue weighted by molar-refractivity contribution is 6.33. The molecule has 4 heteroatoms. The molecule has 3 rings (SSSR count). The number of hydrogen-bond acceptors (Lipinski definition) is 2. The van der Waals surface area contributed by atoms with E-state index in [1.54, 1.807) is 12.1 Å². The van der Waals surface area contributed by atoms with Crippen molar-refractivity contribution in [3.8, 4) is 0 Å². The standard InChI is InChI=1S/C24H31ClN2O/c1-24(2,3)19-13-11-18(12-14-19)22(27-15-7-4-8-16-27)17-26-23(28)20-9-5-6-10-21(20)25/h5-6,9-14,22H,4,7-8,15-17H2,1-3H3,(H,26,28)/t22-/m1/s1. The fourth-order valence-corrected chi connectivity index (χ4v) is 4.04. The summed E-state index contributed by atoms with van der Waals surface area (Å²) in [6, 6.07) is 16.3. The minimum Gasteiger partial charge on any atom is -0.350 e. The quantitative estimate of drug-likeness (QED) is 0.711. The molecule has 1 heterocycles. The van der Waals surface area contributed by atoms with E-state index in [0.717, 1.165) is 13.1 Å². The van der Waals surface area contributed by atoms with Crippen LogP contribution in [0.1, 0.15) is 67.6 Å². The predicted molar refractivity (Wildman–Crippen MR) is 117 cm³/mol. The zero-order valence-electron chi connectivity index (χ0n) is 17.2. The summed E-state index contributed by atoms with van der Waals surface area (Å²) in [4.78, 5) is 15.2. The molecule has 0 aliphatic carbocycles. The number of likely N-dealkylation sites (tertiary alicyclic amines) is 1. The van der Waals surface area contributed by atoms with Gasteiger partial charge in [0.15, 0.2) is 0 Å². The molecular formula is C24H31ClN2O. The maximum Gasteiger partial charge on any atom is 0.252 e. The Kier molecular flexibility index (Phi) is 6.79. The lowest BCUT2D eigenvalue weighted by Crippen LogP contribution is -2.40. The fraction of sp³-hybridized carbons (Fsp3) is 0.458. The first-order chi connectivity index (χ1) is 13.4. The Labute approximate surface area is 174 Å². The van der Waals surface area contributed by atoms with Crippen LogP contribution in [0.5, 0.6) is 0 Å². The largest absolute Gasteiger partial charge is 0.350 e. The average molecular weight is 399 g/mol. The number of benzene rings is 2. The number of nitrogens with zero attached hydrogens (tertiary/aromatic N) is 1. The topological polar surface area (TPSA) is 32.3 Å². The van der Waals surface area contributed by atoms with Gasteiger partial charge in [0.1, 0.15) is 0 Å². The molecule has 1 aliphatic heterocycles. The van der Waals surface area contributed by atoms with Crippen LogP contribution in [0.2, 0.25) is 5.02 Å². The number of carbonyl (C=O) groups is 1. The second-order valence-electron chi connectivity index (χ2n) is 8.67. The van der Waals surface area contributed by atoms with Crippen molar-refractivity contribution in [1.29, 1.82) is 0 Å². The highest BCUT2D eigenvalue weighted by Gasteiger charge is 2.24. The molecule has 0 radical (unpaired) electrons. The van der Waals surface area contributed by atoms with E-state index in [2.05, 4.69) is 55.3 Å². The summed E-state index contributed by atoms with van der Waals surface area (Å²) in [7, 11) is 0. The molecule has 28 heavy (non-hydrogen) atoms. The van der Waals surface area contributed by atoms with E-state index in [9.17, 15) is 4.79 Å². The van der Waals surface area contributed by atoms with Gasteiger partial charge < -0.3 is 5.32 Å². The van der Waals surface area contributed by atoms with Gasteiger partial charge >= 0.3 is 0 Å². The SMILES string of the molecule is CC(C)(C)c1ccc([C@@H](CNC(=O)c2ccccc2Cl)N2CCCCC2)cc1. The van der Waals surface area contributed by atoms with Gasteiger partial charge in [-0.15, -0.1) is 0 Å². The van der Waals surface area contributed by atoms with E-state index in [0.29, 0.717) is 17.1 Å². The zero-order chi connectivity index (χ0) is 20.1. The van der Waals surface area contributed by atoms with Crippen molar-refractivity contribution in [3.05, 3.63) is 70.2 Å². The summed E-state index contributed by atoms with van der Waals surface area (Å²) >= 11 is 6.19. The molecule has 1 N–H and O–H groups in total. The minimum absolute atomic E-state index is 0.112. The Morgan fingerprint density at radius 3 is 2.29 bits per heavy atom. The van der Waals surface area contributed by atoms with Crippen LogP contribution in [-0.2, 0) is 5.41 Å². The highest BCUT2D eigenvalue weighted by Crippen LogP contribution is 2.28. The van der Waals surface area contributed by atoms with Gasteiger partial charge in [0.25, 0.3) is 5.91 Å². The van der Waals surface area contributed by atoms with Gasteiger partial charge in [-0.2, -0.15) is 0 Å². The lowest BCUT2D eigenvalue weighted by atomic mass is 9.86. The van der Waals surface area contributed by atoms with Gasteiger partial charge in [-0.05, 0) is 54.6 Å². The van der Waals surface area contributed by atoms with E-state index in [-0.39, 0.29) is 17.4 Å². The molecule has 0 unspecified atom stereocenters. The van der Waals surface area contributed by atoms with E-state index < -0.39 is 0 Å². The number of hydrogen-bond donors (Lipinski definition) is 1. The normalized spacial score (nSPS) is 16.6. The van der Waals surface area contributed by atoms with E-state index in [4.69, 9.17) is 11.6 Å². The molecule has 1 atom stereocenters. The molecule has 0 aromatic heterocycles. The van der Waals surface area contributed by atoms with E-state index in [1.165, 1.54) is 30.4 Å². The second kappa shape index (κ2) is 9.11. The third-order valence-corrected chi connectivity index (χ3v) is 5.90. The van der Waals surface area contributed by atoms with Crippen molar-refractivity contribution < 1.29 is 4.79 Å². The molecule has 1 amide bonds. The molecule has 1 aliphatic rings. The molecule has 3 nitrogen and oxygen atoms in total. The van der Waals surface area contributed by atoms with Crippen LogP contribution in [-0.4, -0.2) is 30.4 Å². The highest BCUT2D eigenvalue weighted by atomic mass is 35.5. The van der Waals surface area contributed by atoms with Crippen LogP contribution in [0.3, 0.4) is 0 Å². The van der Waals surface area contributed by atoms with Crippen molar-refractivity contribution in [3.63, 3.8) is 0 Å². The number of piperidine rings is 1. The van der Waals surface area contributed by atoms with Crippen molar-refractivity contribution in [2.24, 2.45) is 0 Å². The first kappa shape index (κ1) is 20.9. The van der Waals surface area contributed by atoms with Crippen LogP contribution < -0.4 is 5.32 Å². The van der Waals surface area contributed by atoms with Crippen molar-refractivity contribution in [2.75, 3.05) is 19.6 Å². The van der Waals surface area contributed by atoms with Crippen LogP contribution in [0.4, 0.5) is 0 Å². The first-order valence-electron chi connectivity index (χ1n) is 10.2. The van der Waals surface area contributed by atoms with E-state index in [1.807, 2.05) is 12.1 Å². The molecule has 0 spiro atoms. The summed E-state index contributed by atoms with van der Waals surface area (Å²) < 4.78 is 0. The number of nitrogens with one attached hydrogen (secondary N) is 1. The number of rotatable bonds is 5. The van der Waals surface area contributed by atoms with Gasteiger partial charge in [0.05, 0.1) is 16.6 Å². The molecule has 2 aromatic rings. The Hall–Kier alpha value is -1.84. The van der Waals surface area contributed by atoms with Crippen molar-refractivity contribution in [2.45, 2.75) is 51.5 Å². The van der Waals surface area contributed by atoms with Gasteiger partial charge in [0.2, 0.25) is 0 Å². The monoisotopic (exact) mass is 398 g/mol. The van der Waals surface area contributed by atoms with Crippen molar-refractivity contribution in [1.82, 2.24) is 10.2 Å². The number of carbonyl (C=O) groups excluding carboxylic acids is 1. The summed E-state index contributed by atoms with van der Waals surface area (Å²) in [5.74, 6) is -0.112. The lowest BCUT2D eigenvalue weighted by Gasteiger charge is -2.35. The molecule has 1 saturated heterocycles. The summed E-state index contributed by atoms with van der Waals surface area (Å²) in [5, 5.41) is 3.61. The molecular weight excluding hydrogens is 368 g/mol. The second-order valence-corrected chi connectivity index (χ2v) is 9.08. The number of amides is 1. The zero-order valence-corrected chi connectivity index (χ0v) is 17.9. The maximum atomic E-state index is 12.7. The van der Waals surface area contributed by atoms with Gasteiger partial charge in [-0.3, -0.25) is 9.69 Å². The Balaban J connectivity index is 1.77. The summed E-state index contributed by atoms with van der Waals surface area (Å²) in [5.41, 5.74) is 3.25. The van der Waals surface area contributed by atoms with E-state index >= 15 is 0 Å². The maximum absolute atomic E-state index is 12.7. The molecule has 1 fully saturated rings. The van der Waals surface area contributed by atoms with Crippen LogP contribution in [0.15, 0.2) is 48.5 Å². The van der Waals surface area contributed by atoms with Gasteiger partial charge in [-0.1, -0.05) is 75.2 Å². The van der Waals surface area contributed by atoms with Gasteiger partial charge in [-0.25, -0.2) is 0 Å². The first-order valence-corrected chi connectivity index (χ1v) is 10.6. The van der Waals surface area contributed by atoms with Crippen LogP contribution in [0, 0.1) is 0 Å². The third kappa shape index (κ3) is 5.15. The fourth-order valence-electron chi connectivity index (χ4n) is 3.82. The minimum atomic E-state index is -0.112.